The van der Waals surface area contributed by atoms with Gasteiger partial charge in [0.25, 0.3) is 0 Å². The summed E-state index contributed by atoms with van der Waals surface area (Å²) in [7, 11) is 4.07. The summed E-state index contributed by atoms with van der Waals surface area (Å²) in [6.07, 6.45) is 7.19. The van der Waals surface area contributed by atoms with Crippen molar-refractivity contribution in [2.45, 2.75) is 43.9 Å². The summed E-state index contributed by atoms with van der Waals surface area (Å²) in [6, 6.07) is 10.6. The summed E-state index contributed by atoms with van der Waals surface area (Å²) in [5.74, 6) is 1.05. The molecule has 0 spiro atoms. The number of hydrogen-bond acceptors (Lipinski definition) is 3. The third-order valence-electron chi connectivity index (χ3n) is 3.09. The van der Waals surface area contributed by atoms with E-state index in [-0.39, 0.29) is 0 Å². The minimum absolute atomic E-state index is 0.910. The standard InChI is InChI=1S/C14H21NS2/c1-3-7-13(8-4-1)11-15-12-16-17-14-9-5-2-6-10-14/h1,3-4,7-8,14-15H,2,5-6,9-12H2. The second-order valence-corrected chi connectivity index (χ2v) is 7.20. The second-order valence-electron chi connectivity index (χ2n) is 4.53. The van der Waals surface area contributed by atoms with Crippen LogP contribution in [0.15, 0.2) is 30.3 Å². The lowest BCUT2D eigenvalue weighted by molar-refractivity contribution is 0.517. The van der Waals surface area contributed by atoms with Crippen LogP contribution in [0, 0.1) is 0 Å². The fourth-order valence-electron chi connectivity index (χ4n) is 2.12. The van der Waals surface area contributed by atoms with Gasteiger partial charge in [0.2, 0.25) is 0 Å². The van der Waals surface area contributed by atoms with Gasteiger partial charge in [0.15, 0.2) is 0 Å². The van der Waals surface area contributed by atoms with Crippen LogP contribution in [0.1, 0.15) is 37.7 Å². The van der Waals surface area contributed by atoms with Crippen LogP contribution < -0.4 is 5.32 Å². The van der Waals surface area contributed by atoms with E-state index in [1.165, 1.54) is 37.7 Å². The van der Waals surface area contributed by atoms with Crippen molar-refractivity contribution in [1.82, 2.24) is 5.32 Å². The largest absolute Gasteiger partial charge is 0.303 e. The highest BCUT2D eigenvalue weighted by Crippen LogP contribution is 2.35. The molecular weight excluding hydrogens is 246 g/mol. The molecule has 0 aliphatic heterocycles. The van der Waals surface area contributed by atoms with Crippen molar-refractivity contribution in [3.05, 3.63) is 35.9 Å². The Kier molecular flexibility index (Phi) is 6.32. The predicted molar refractivity (Wildman–Crippen MR) is 80.2 cm³/mol. The first-order valence-corrected chi connectivity index (χ1v) is 8.86. The Hall–Kier alpha value is -0.120. The number of benzene rings is 1. The molecule has 94 valence electrons. The normalized spacial score (nSPS) is 17.2. The smallest absolute Gasteiger partial charge is 0.0526 e. The van der Waals surface area contributed by atoms with Crippen molar-refractivity contribution in [1.29, 1.82) is 0 Å². The van der Waals surface area contributed by atoms with Crippen LogP contribution in [0.3, 0.4) is 0 Å². The Balaban J connectivity index is 1.51. The molecule has 3 heteroatoms. The maximum absolute atomic E-state index is 3.48. The monoisotopic (exact) mass is 267 g/mol. The molecule has 0 atom stereocenters. The zero-order valence-electron chi connectivity index (χ0n) is 10.2. The van der Waals surface area contributed by atoms with Crippen LogP contribution >= 0.6 is 21.6 Å². The molecule has 1 aromatic carbocycles. The van der Waals surface area contributed by atoms with E-state index in [1.54, 1.807) is 0 Å². The minimum Gasteiger partial charge on any atom is -0.303 e. The zero-order chi connectivity index (χ0) is 11.8. The van der Waals surface area contributed by atoms with Gasteiger partial charge >= 0.3 is 0 Å². The molecule has 0 bridgehead atoms. The average molecular weight is 267 g/mol. The third-order valence-corrected chi connectivity index (χ3v) is 5.87. The van der Waals surface area contributed by atoms with Gasteiger partial charge in [0.05, 0.1) is 5.88 Å². The first kappa shape index (κ1) is 13.3. The van der Waals surface area contributed by atoms with Gasteiger partial charge in [-0.1, -0.05) is 71.2 Å². The van der Waals surface area contributed by atoms with E-state index >= 15 is 0 Å². The van der Waals surface area contributed by atoms with Crippen LogP contribution in [0.25, 0.3) is 0 Å². The van der Waals surface area contributed by atoms with E-state index < -0.39 is 0 Å². The van der Waals surface area contributed by atoms with Gasteiger partial charge < -0.3 is 5.32 Å². The van der Waals surface area contributed by atoms with Gasteiger partial charge in [-0.2, -0.15) is 0 Å². The summed E-state index contributed by atoms with van der Waals surface area (Å²) >= 11 is 0. The first-order valence-electron chi connectivity index (χ1n) is 6.48. The van der Waals surface area contributed by atoms with Gasteiger partial charge in [-0.25, -0.2) is 0 Å². The molecule has 17 heavy (non-hydrogen) atoms. The maximum Gasteiger partial charge on any atom is 0.0526 e. The van der Waals surface area contributed by atoms with Crippen molar-refractivity contribution in [3.8, 4) is 0 Å². The molecule has 0 unspecified atom stereocenters. The molecule has 0 amide bonds. The molecule has 1 N–H and O–H groups in total. The Labute approximate surface area is 113 Å². The molecule has 0 saturated heterocycles. The molecule has 0 aromatic heterocycles. The highest BCUT2D eigenvalue weighted by atomic mass is 33.1. The summed E-state index contributed by atoms with van der Waals surface area (Å²) in [4.78, 5) is 0. The Morgan fingerprint density at radius 1 is 1.06 bits per heavy atom. The lowest BCUT2D eigenvalue weighted by Crippen LogP contribution is -2.12. The average Bonchev–Trinajstić information content (AvgIpc) is 2.41. The Morgan fingerprint density at radius 2 is 1.82 bits per heavy atom. The van der Waals surface area contributed by atoms with Crippen LogP contribution in [-0.2, 0) is 6.54 Å². The Morgan fingerprint density at radius 3 is 2.59 bits per heavy atom. The molecule has 1 aliphatic carbocycles. The molecule has 1 nitrogen and oxygen atoms in total. The van der Waals surface area contributed by atoms with Gasteiger partial charge in [-0.3, -0.25) is 0 Å². The van der Waals surface area contributed by atoms with Gasteiger partial charge in [-0.05, 0) is 18.4 Å². The zero-order valence-corrected chi connectivity index (χ0v) is 11.9. The SMILES string of the molecule is c1ccc(CNCSSC2CCCCC2)cc1. The van der Waals surface area contributed by atoms with Crippen molar-refractivity contribution >= 4 is 21.6 Å². The number of nitrogens with one attached hydrogen (secondary N) is 1. The van der Waals surface area contributed by atoms with E-state index in [4.69, 9.17) is 0 Å². The lowest BCUT2D eigenvalue weighted by atomic mass is 10.0. The molecule has 0 heterocycles. The van der Waals surface area contributed by atoms with Gasteiger partial charge in [-0.15, -0.1) is 0 Å². The summed E-state index contributed by atoms with van der Waals surface area (Å²) < 4.78 is 0. The van der Waals surface area contributed by atoms with E-state index in [0.29, 0.717) is 0 Å². The molecule has 1 saturated carbocycles. The fraction of sp³-hybridized carbons (Fsp3) is 0.571. The van der Waals surface area contributed by atoms with Crippen LogP contribution in [0.4, 0.5) is 0 Å². The third kappa shape index (κ3) is 5.36. The van der Waals surface area contributed by atoms with Crippen molar-refractivity contribution in [2.75, 3.05) is 5.88 Å². The minimum atomic E-state index is 0.910. The van der Waals surface area contributed by atoms with Crippen LogP contribution in [0.2, 0.25) is 0 Å². The molecule has 1 aromatic rings. The van der Waals surface area contributed by atoms with Crippen LogP contribution in [-0.4, -0.2) is 11.1 Å². The predicted octanol–water partition coefficient (Wildman–Crippen LogP) is 4.45. The van der Waals surface area contributed by atoms with E-state index in [9.17, 15) is 0 Å². The number of hydrogen-bond donors (Lipinski definition) is 1. The van der Waals surface area contributed by atoms with E-state index in [1.807, 2.05) is 10.8 Å². The topological polar surface area (TPSA) is 12.0 Å². The highest BCUT2D eigenvalue weighted by Gasteiger charge is 2.13. The molecule has 2 rings (SSSR count). The second kappa shape index (κ2) is 8.06. The first-order chi connectivity index (χ1) is 8.45. The summed E-state index contributed by atoms with van der Waals surface area (Å²) in [5, 5.41) is 4.39. The molecule has 1 fully saturated rings. The van der Waals surface area contributed by atoms with Gasteiger partial charge in [0.1, 0.15) is 0 Å². The molecule has 0 radical (unpaired) electrons. The lowest BCUT2D eigenvalue weighted by Gasteiger charge is -2.20. The highest BCUT2D eigenvalue weighted by molar-refractivity contribution is 8.76. The quantitative estimate of drug-likeness (QED) is 0.465. The molecule has 1 aliphatic rings. The van der Waals surface area contributed by atoms with Gasteiger partial charge in [0, 0.05) is 11.8 Å². The van der Waals surface area contributed by atoms with Crippen LogP contribution in [0.5, 0.6) is 0 Å². The number of rotatable bonds is 6. The maximum atomic E-state index is 3.48. The van der Waals surface area contributed by atoms with E-state index in [2.05, 4.69) is 46.4 Å². The van der Waals surface area contributed by atoms with Crippen molar-refractivity contribution < 1.29 is 0 Å². The Bertz CT molecular complexity index is 296. The fourth-order valence-corrected chi connectivity index (χ4v) is 4.70. The summed E-state index contributed by atoms with van der Waals surface area (Å²) in [6.45, 7) is 0.985. The van der Waals surface area contributed by atoms with E-state index in [0.717, 1.165) is 17.7 Å². The van der Waals surface area contributed by atoms with Crippen molar-refractivity contribution in [3.63, 3.8) is 0 Å². The van der Waals surface area contributed by atoms with Crippen molar-refractivity contribution in [2.24, 2.45) is 0 Å². The molecular formula is C14H21NS2. The summed E-state index contributed by atoms with van der Waals surface area (Å²) in [5.41, 5.74) is 1.37.